The van der Waals surface area contributed by atoms with Crippen molar-refractivity contribution in [2.24, 2.45) is 5.11 Å². The fourth-order valence-corrected chi connectivity index (χ4v) is 1.97. The van der Waals surface area contributed by atoms with Gasteiger partial charge in [-0.25, -0.2) is 0 Å². The van der Waals surface area contributed by atoms with E-state index in [2.05, 4.69) is 29.0 Å². The fourth-order valence-electron chi connectivity index (χ4n) is 1.97. The molecule has 20 heavy (non-hydrogen) atoms. The van der Waals surface area contributed by atoms with Gasteiger partial charge >= 0.3 is 0 Å². The van der Waals surface area contributed by atoms with Crippen LogP contribution in [-0.2, 0) is 6.54 Å². The number of aromatic nitrogens is 1. The fraction of sp³-hybridized carbons (Fsp3) is 0.357. The van der Waals surface area contributed by atoms with Gasteiger partial charge in [0.15, 0.2) is 0 Å². The molecule has 0 fully saturated rings. The Morgan fingerprint density at radius 3 is 2.85 bits per heavy atom. The lowest BCUT2D eigenvalue weighted by atomic mass is 9.98. The SMILES string of the molecule is COc1ccc(-c2cc(CN=[N+]=[N-])on2)cc1C(C)C. The van der Waals surface area contributed by atoms with Crippen LogP contribution in [0.25, 0.3) is 21.7 Å². The number of ether oxygens (including phenoxy) is 1. The van der Waals surface area contributed by atoms with Crippen LogP contribution in [0.4, 0.5) is 0 Å². The molecule has 2 rings (SSSR count). The van der Waals surface area contributed by atoms with Gasteiger partial charge in [-0.15, -0.1) is 0 Å². The largest absolute Gasteiger partial charge is 0.496 e. The zero-order valence-corrected chi connectivity index (χ0v) is 11.7. The second kappa shape index (κ2) is 6.12. The van der Waals surface area contributed by atoms with Crippen molar-refractivity contribution in [3.05, 3.63) is 46.0 Å². The highest BCUT2D eigenvalue weighted by Crippen LogP contribution is 2.31. The number of nitrogens with zero attached hydrogens (tertiary/aromatic N) is 4. The summed E-state index contributed by atoms with van der Waals surface area (Å²) in [4.78, 5) is 2.69. The molecule has 0 spiro atoms. The van der Waals surface area contributed by atoms with Gasteiger partial charge in [0.1, 0.15) is 17.2 Å². The first-order valence-corrected chi connectivity index (χ1v) is 6.30. The third-order valence-corrected chi connectivity index (χ3v) is 3.00. The molecule has 0 saturated carbocycles. The third kappa shape index (κ3) is 2.92. The summed E-state index contributed by atoms with van der Waals surface area (Å²) in [5.74, 6) is 1.75. The van der Waals surface area contributed by atoms with E-state index in [1.165, 1.54) is 0 Å². The molecule has 1 aromatic heterocycles. The van der Waals surface area contributed by atoms with Crippen molar-refractivity contribution in [1.82, 2.24) is 5.16 Å². The number of azide groups is 1. The maximum absolute atomic E-state index is 8.29. The Labute approximate surface area is 117 Å². The van der Waals surface area contributed by atoms with Crippen molar-refractivity contribution in [2.75, 3.05) is 7.11 Å². The van der Waals surface area contributed by atoms with Gasteiger partial charge in [0.25, 0.3) is 0 Å². The Hall–Kier alpha value is -2.46. The third-order valence-electron chi connectivity index (χ3n) is 3.00. The van der Waals surface area contributed by atoms with E-state index >= 15 is 0 Å². The molecule has 6 nitrogen and oxygen atoms in total. The van der Waals surface area contributed by atoms with E-state index < -0.39 is 0 Å². The quantitative estimate of drug-likeness (QED) is 0.462. The maximum atomic E-state index is 8.29. The van der Waals surface area contributed by atoms with Gasteiger partial charge in [-0.1, -0.05) is 24.1 Å². The standard InChI is InChI=1S/C14H16N4O2/c1-9(2)12-6-10(4-5-14(12)19-3)13-7-11(20-17-13)8-16-18-15/h4-7,9H,8H2,1-3H3. The summed E-state index contributed by atoms with van der Waals surface area (Å²) in [6, 6.07) is 7.67. The van der Waals surface area contributed by atoms with Gasteiger partial charge in [0.05, 0.1) is 13.7 Å². The lowest BCUT2D eigenvalue weighted by Crippen LogP contribution is -1.94. The molecule has 1 heterocycles. The minimum atomic E-state index is 0.163. The number of benzene rings is 1. The first-order valence-electron chi connectivity index (χ1n) is 6.30. The predicted molar refractivity (Wildman–Crippen MR) is 75.4 cm³/mol. The molecule has 0 aliphatic heterocycles. The minimum absolute atomic E-state index is 0.163. The van der Waals surface area contributed by atoms with Crippen molar-refractivity contribution in [3.63, 3.8) is 0 Å². The summed E-state index contributed by atoms with van der Waals surface area (Å²) in [5, 5.41) is 7.45. The van der Waals surface area contributed by atoms with E-state index in [9.17, 15) is 0 Å². The monoisotopic (exact) mass is 272 g/mol. The number of hydrogen-bond acceptors (Lipinski definition) is 4. The molecule has 0 bridgehead atoms. The molecule has 0 unspecified atom stereocenters. The van der Waals surface area contributed by atoms with Crippen molar-refractivity contribution in [3.8, 4) is 17.0 Å². The highest BCUT2D eigenvalue weighted by Gasteiger charge is 2.12. The smallest absolute Gasteiger partial charge is 0.143 e. The Balaban J connectivity index is 2.35. The number of methoxy groups -OCH3 is 1. The van der Waals surface area contributed by atoms with Gasteiger partial charge < -0.3 is 9.26 Å². The van der Waals surface area contributed by atoms with Gasteiger partial charge in [0.2, 0.25) is 0 Å². The Morgan fingerprint density at radius 2 is 2.20 bits per heavy atom. The highest BCUT2D eigenvalue weighted by molar-refractivity contribution is 5.62. The molecule has 0 aliphatic rings. The molecular weight excluding hydrogens is 256 g/mol. The maximum Gasteiger partial charge on any atom is 0.143 e. The topological polar surface area (TPSA) is 84.0 Å². The molecule has 0 aliphatic carbocycles. The normalized spacial score (nSPS) is 10.4. The lowest BCUT2D eigenvalue weighted by molar-refractivity contribution is 0.386. The van der Waals surface area contributed by atoms with Crippen LogP contribution in [0.3, 0.4) is 0 Å². The minimum Gasteiger partial charge on any atom is -0.496 e. The Kier molecular flexibility index (Phi) is 4.27. The van der Waals surface area contributed by atoms with E-state index in [-0.39, 0.29) is 6.54 Å². The second-order valence-electron chi connectivity index (χ2n) is 4.68. The van der Waals surface area contributed by atoms with E-state index in [0.717, 1.165) is 22.6 Å². The van der Waals surface area contributed by atoms with E-state index in [1.807, 2.05) is 18.2 Å². The van der Waals surface area contributed by atoms with Gasteiger partial charge in [0, 0.05) is 16.5 Å². The molecule has 0 atom stereocenters. The zero-order valence-electron chi connectivity index (χ0n) is 11.7. The van der Waals surface area contributed by atoms with Crippen LogP contribution in [0.5, 0.6) is 5.75 Å². The number of rotatable bonds is 5. The molecule has 104 valence electrons. The highest BCUT2D eigenvalue weighted by atomic mass is 16.5. The summed E-state index contributed by atoms with van der Waals surface area (Å²) in [6.07, 6.45) is 0. The lowest BCUT2D eigenvalue weighted by Gasteiger charge is -2.12. The van der Waals surface area contributed by atoms with Crippen LogP contribution in [-0.4, -0.2) is 12.3 Å². The van der Waals surface area contributed by atoms with Crippen LogP contribution < -0.4 is 4.74 Å². The number of hydrogen-bond donors (Lipinski definition) is 0. The van der Waals surface area contributed by atoms with Crippen molar-refractivity contribution >= 4 is 0 Å². The summed E-state index contributed by atoms with van der Waals surface area (Å²) >= 11 is 0. The van der Waals surface area contributed by atoms with E-state index in [0.29, 0.717) is 11.7 Å². The van der Waals surface area contributed by atoms with Crippen LogP contribution in [0.2, 0.25) is 0 Å². The van der Waals surface area contributed by atoms with Gasteiger partial charge in [-0.2, -0.15) is 0 Å². The van der Waals surface area contributed by atoms with Crippen LogP contribution in [0, 0.1) is 0 Å². The molecule has 0 N–H and O–H groups in total. The van der Waals surface area contributed by atoms with Crippen molar-refractivity contribution in [1.29, 1.82) is 0 Å². The predicted octanol–water partition coefficient (Wildman–Crippen LogP) is 4.28. The molecule has 2 aromatic rings. The van der Waals surface area contributed by atoms with Crippen molar-refractivity contribution < 1.29 is 9.26 Å². The summed E-state index contributed by atoms with van der Waals surface area (Å²) in [6.45, 7) is 4.38. The second-order valence-corrected chi connectivity index (χ2v) is 4.68. The van der Waals surface area contributed by atoms with Crippen LogP contribution in [0.1, 0.15) is 31.1 Å². The Morgan fingerprint density at radius 1 is 1.40 bits per heavy atom. The van der Waals surface area contributed by atoms with E-state index in [4.69, 9.17) is 14.8 Å². The van der Waals surface area contributed by atoms with Crippen molar-refractivity contribution in [2.45, 2.75) is 26.3 Å². The Bertz CT molecular complexity index is 642. The summed E-state index contributed by atoms with van der Waals surface area (Å²) in [7, 11) is 1.66. The summed E-state index contributed by atoms with van der Waals surface area (Å²) in [5.41, 5.74) is 11.1. The molecule has 0 amide bonds. The average molecular weight is 272 g/mol. The summed E-state index contributed by atoms with van der Waals surface area (Å²) < 4.78 is 10.5. The molecule has 0 saturated heterocycles. The molecule has 0 radical (unpaired) electrons. The van der Waals surface area contributed by atoms with Crippen LogP contribution in [0.15, 0.2) is 33.9 Å². The van der Waals surface area contributed by atoms with Gasteiger partial charge in [-0.3, -0.25) is 0 Å². The van der Waals surface area contributed by atoms with Crippen LogP contribution >= 0.6 is 0 Å². The molecule has 1 aromatic carbocycles. The zero-order chi connectivity index (χ0) is 14.5. The molecule has 6 heteroatoms. The van der Waals surface area contributed by atoms with Gasteiger partial charge in [-0.05, 0) is 35.2 Å². The van der Waals surface area contributed by atoms with E-state index in [1.54, 1.807) is 13.2 Å². The molecular formula is C14H16N4O2. The first kappa shape index (κ1) is 14.0. The first-order chi connectivity index (χ1) is 9.65. The average Bonchev–Trinajstić information content (AvgIpc) is 2.93.